The molecule has 1 heteroatoms. The molecule has 1 aliphatic carbocycles. The Labute approximate surface area is 57.8 Å². The van der Waals surface area contributed by atoms with Crippen LogP contribution in [0.15, 0.2) is 0 Å². The number of rotatable bonds is 4. The number of nitrogens with one attached hydrogen (secondary N) is 1. The molecular weight excluding hydrogens is 110 g/mol. The van der Waals surface area contributed by atoms with Crippen molar-refractivity contribution in [1.82, 2.24) is 5.32 Å². The van der Waals surface area contributed by atoms with Gasteiger partial charge in [0.15, 0.2) is 0 Å². The van der Waals surface area contributed by atoms with Gasteiger partial charge in [0.2, 0.25) is 0 Å². The van der Waals surface area contributed by atoms with Gasteiger partial charge in [0, 0.05) is 0 Å². The van der Waals surface area contributed by atoms with Crippen molar-refractivity contribution in [3.63, 3.8) is 0 Å². The van der Waals surface area contributed by atoms with Gasteiger partial charge in [-0.05, 0) is 38.3 Å². The first-order valence-corrected chi connectivity index (χ1v) is 3.93. The summed E-state index contributed by atoms with van der Waals surface area (Å²) < 4.78 is 0. The molecule has 0 aromatic heterocycles. The Morgan fingerprint density at radius 2 is 2.22 bits per heavy atom. The predicted octanol–water partition coefficient (Wildman–Crippen LogP) is 1.60. The van der Waals surface area contributed by atoms with Crippen molar-refractivity contribution in [3.8, 4) is 0 Å². The van der Waals surface area contributed by atoms with E-state index in [2.05, 4.69) is 12.2 Å². The maximum absolute atomic E-state index is 3.76. The zero-order chi connectivity index (χ0) is 6.53. The van der Waals surface area contributed by atoms with Crippen molar-refractivity contribution in [1.29, 1.82) is 0 Å². The second-order valence-corrected chi connectivity index (χ2v) is 2.85. The summed E-state index contributed by atoms with van der Waals surface area (Å²) in [6, 6.07) is 0. The highest BCUT2D eigenvalue weighted by Gasteiger charge is 2.15. The van der Waals surface area contributed by atoms with Crippen LogP contribution in [0.5, 0.6) is 0 Å². The maximum Gasteiger partial charge on any atom is -0.00205 e. The monoisotopic (exact) mass is 126 g/mol. The molecule has 0 saturated heterocycles. The summed E-state index contributed by atoms with van der Waals surface area (Å²) in [5.74, 6) is 0.997. The number of hydrogen-bond donors (Lipinski definition) is 1. The molecule has 0 aromatic rings. The van der Waals surface area contributed by atoms with Crippen molar-refractivity contribution in [2.75, 3.05) is 13.1 Å². The quantitative estimate of drug-likeness (QED) is 0.564. The summed E-state index contributed by atoms with van der Waals surface area (Å²) in [4.78, 5) is 0. The van der Waals surface area contributed by atoms with Gasteiger partial charge in [0.05, 0.1) is 0 Å². The topological polar surface area (TPSA) is 12.0 Å². The van der Waals surface area contributed by atoms with Crippen LogP contribution in [0.25, 0.3) is 0 Å². The van der Waals surface area contributed by atoms with Crippen molar-refractivity contribution in [2.45, 2.75) is 25.7 Å². The minimum absolute atomic E-state index is 0.997. The molecule has 0 spiro atoms. The average Bonchev–Trinajstić information content (AvgIpc) is 1.76. The zero-order valence-electron chi connectivity index (χ0n) is 6.03. The van der Waals surface area contributed by atoms with Crippen LogP contribution in [-0.4, -0.2) is 13.1 Å². The van der Waals surface area contributed by atoms with E-state index in [0.29, 0.717) is 0 Å². The summed E-state index contributed by atoms with van der Waals surface area (Å²) in [5, 5.41) is 3.37. The molecule has 9 heavy (non-hydrogen) atoms. The highest BCUT2D eigenvalue weighted by atomic mass is 14.9. The second-order valence-electron chi connectivity index (χ2n) is 2.85. The Kier molecular flexibility index (Phi) is 3.05. The molecule has 0 aliphatic heterocycles. The fraction of sp³-hybridized carbons (Fsp3) is 0.875. The average molecular weight is 126 g/mol. The number of hydrogen-bond acceptors (Lipinski definition) is 1. The lowest BCUT2D eigenvalue weighted by Gasteiger charge is -2.25. The Balaban J connectivity index is 1.80. The lowest BCUT2D eigenvalue weighted by atomic mass is 9.85. The van der Waals surface area contributed by atoms with Crippen LogP contribution in [0.3, 0.4) is 0 Å². The maximum atomic E-state index is 3.76. The molecule has 1 radical (unpaired) electrons. The van der Waals surface area contributed by atoms with Gasteiger partial charge in [-0.15, -0.1) is 0 Å². The Hall–Kier alpha value is -0.0400. The van der Waals surface area contributed by atoms with Crippen molar-refractivity contribution in [2.24, 2.45) is 5.92 Å². The third kappa shape index (κ3) is 2.35. The Morgan fingerprint density at radius 1 is 1.44 bits per heavy atom. The summed E-state index contributed by atoms with van der Waals surface area (Å²) in [5.41, 5.74) is 0. The SMILES string of the molecule is [CH2]CCNCC1CCC1. The smallest absolute Gasteiger partial charge is 0.00205 e. The third-order valence-electron chi connectivity index (χ3n) is 2.01. The first-order valence-electron chi connectivity index (χ1n) is 3.93. The fourth-order valence-corrected chi connectivity index (χ4v) is 1.13. The minimum atomic E-state index is 0.997. The lowest BCUT2D eigenvalue weighted by molar-refractivity contribution is 0.303. The highest BCUT2D eigenvalue weighted by Crippen LogP contribution is 2.24. The van der Waals surface area contributed by atoms with E-state index >= 15 is 0 Å². The molecule has 53 valence electrons. The third-order valence-corrected chi connectivity index (χ3v) is 2.01. The summed E-state index contributed by atoms with van der Waals surface area (Å²) >= 11 is 0. The van der Waals surface area contributed by atoms with Crippen LogP contribution < -0.4 is 5.32 Å². The highest BCUT2D eigenvalue weighted by molar-refractivity contribution is 4.71. The Bertz CT molecular complexity index is 67.0. The van der Waals surface area contributed by atoms with Crippen LogP contribution in [0, 0.1) is 12.8 Å². The normalized spacial score (nSPS) is 19.7. The van der Waals surface area contributed by atoms with E-state index in [1.165, 1.54) is 25.8 Å². The van der Waals surface area contributed by atoms with Crippen molar-refractivity contribution < 1.29 is 0 Å². The standard InChI is InChI=1S/C8H16N/c1-2-6-9-7-8-4-3-5-8/h8-9H,1-7H2. The van der Waals surface area contributed by atoms with Gasteiger partial charge in [-0.1, -0.05) is 13.3 Å². The molecule has 1 nitrogen and oxygen atoms in total. The van der Waals surface area contributed by atoms with Gasteiger partial charge in [-0.3, -0.25) is 0 Å². The Morgan fingerprint density at radius 3 is 2.67 bits per heavy atom. The van der Waals surface area contributed by atoms with Gasteiger partial charge in [0.1, 0.15) is 0 Å². The molecule has 0 amide bonds. The first kappa shape index (κ1) is 7.07. The van der Waals surface area contributed by atoms with Crippen LogP contribution in [0.2, 0.25) is 0 Å². The van der Waals surface area contributed by atoms with E-state index in [-0.39, 0.29) is 0 Å². The molecule has 0 unspecified atom stereocenters. The summed E-state index contributed by atoms with van der Waals surface area (Å²) in [7, 11) is 0. The largest absolute Gasteiger partial charge is 0.316 e. The van der Waals surface area contributed by atoms with E-state index in [1.807, 2.05) is 0 Å². The summed E-state index contributed by atoms with van der Waals surface area (Å²) in [6.07, 6.45) is 5.37. The summed E-state index contributed by atoms with van der Waals surface area (Å²) in [6.45, 7) is 6.09. The van der Waals surface area contributed by atoms with Gasteiger partial charge in [0.25, 0.3) is 0 Å². The molecule has 1 rings (SSSR count). The molecule has 1 saturated carbocycles. The second kappa shape index (κ2) is 3.89. The first-order chi connectivity index (χ1) is 4.43. The lowest BCUT2D eigenvalue weighted by Crippen LogP contribution is -2.27. The van der Waals surface area contributed by atoms with Crippen molar-refractivity contribution in [3.05, 3.63) is 6.92 Å². The van der Waals surface area contributed by atoms with E-state index in [1.54, 1.807) is 0 Å². The van der Waals surface area contributed by atoms with Crippen LogP contribution in [-0.2, 0) is 0 Å². The molecule has 1 fully saturated rings. The van der Waals surface area contributed by atoms with Crippen molar-refractivity contribution >= 4 is 0 Å². The van der Waals surface area contributed by atoms with Gasteiger partial charge >= 0.3 is 0 Å². The van der Waals surface area contributed by atoms with Gasteiger partial charge < -0.3 is 5.32 Å². The predicted molar refractivity (Wildman–Crippen MR) is 40.2 cm³/mol. The molecule has 0 bridgehead atoms. The molecule has 0 atom stereocenters. The van der Waals surface area contributed by atoms with E-state index in [4.69, 9.17) is 0 Å². The van der Waals surface area contributed by atoms with E-state index < -0.39 is 0 Å². The van der Waals surface area contributed by atoms with E-state index in [0.717, 1.165) is 18.9 Å². The zero-order valence-corrected chi connectivity index (χ0v) is 6.03. The van der Waals surface area contributed by atoms with Gasteiger partial charge in [-0.25, -0.2) is 0 Å². The van der Waals surface area contributed by atoms with Crippen LogP contribution in [0.4, 0.5) is 0 Å². The minimum Gasteiger partial charge on any atom is -0.316 e. The molecule has 1 N–H and O–H groups in total. The molecule has 0 heterocycles. The van der Waals surface area contributed by atoms with E-state index in [9.17, 15) is 0 Å². The molecule has 0 aromatic carbocycles. The molecule has 1 aliphatic rings. The van der Waals surface area contributed by atoms with Crippen LogP contribution >= 0.6 is 0 Å². The van der Waals surface area contributed by atoms with Gasteiger partial charge in [-0.2, -0.15) is 0 Å². The van der Waals surface area contributed by atoms with Crippen LogP contribution in [0.1, 0.15) is 25.7 Å². The fourth-order valence-electron chi connectivity index (χ4n) is 1.13. The molecular formula is C8H16N.